The van der Waals surface area contributed by atoms with Gasteiger partial charge in [-0.05, 0) is 19.9 Å². The van der Waals surface area contributed by atoms with Crippen LogP contribution in [-0.2, 0) is 19.2 Å². The largest absolute Gasteiger partial charge is 0.481 e. The first-order valence-electron chi connectivity index (χ1n) is 7.55. The van der Waals surface area contributed by atoms with E-state index in [1.807, 2.05) is 0 Å². The Morgan fingerprint density at radius 1 is 1.21 bits per heavy atom. The zero-order valence-corrected chi connectivity index (χ0v) is 13.7. The summed E-state index contributed by atoms with van der Waals surface area (Å²) in [5, 5.41) is 11.4. The van der Waals surface area contributed by atoms with E-state index in [9.17, 15) is 19.2 Å². The average molecular weight is 343 g/mol. The number of guanidine groups is 1. The van der Waals surface area contributed by atoms with Crippen molar-refractivity contribution < 1.29 is 24.3 Å². The van der Waals surface area contributed by atoms with Gasteiger partial charge in [0.05, 0.1) is 13.0 Å². The average Bonchev–Trinajstić information content (AvgIpc) is 2.49. The van der Waals surface area contributed by atoms with Crippen LogP contribution in [-0.4, -0.2) is 66.2 Å². The number of carboxylic acids is 1. The Kier molecular flexibility index (Phi) is 10.8. The number of carboxylic acid groups (broad SMARTS) is 1. The number of aldehydes is 1. The van der Waals surface area contributed by atoms with Gasteiger partial charge in [-0.15, -0.1) is 0 Å². The minimum Gasteiger partial charge on any atom is -0.481 e. The summed E-state index contributed by atoms with van der Waals surface area (Å²) in [5.74, 6) is -2.48. The summed E-state index contributed by atoms with van der Waals surface area (Å²) >= 11 is 0. The van der Waals surface area contributed by atoms with Crippen LogP contribution in [0.1, 0.15) is 32.1 Å². The van der Waals surface area contributed by atoms with Crippen LogP contribution >= 0.6 is 0 Å². The number of unbranched alkanes of at least 4 members (excludes halogenated alkanes) is 2. The number of carbonyl (C=O) groups is 4. The number of hydrogen-bond acceptors (Lipinski definition) is 6. The van der Waals surface area contributed by atoms with Crippen LogP contribution in [0.5, 0.6) is 0 Å². The van der Waals surface area contributed by atoms with Crippen molar-refractivity contribution in [1.82, 2.24) is 10.2 Å². The van der Waals surface area contributed by atoms with E-state index in [0.717, 1.165) is 4.90 Å². The molecule has 1 atom stereocenters. The van der Waals surface area contributed by atoms with Crippen LogP contribution in [0.3, 0.4) is 0 Å². The number of nitrogens with two attached hydrogens (primary N) is 2. The third-order valence-electron chi connectivity index (χ3n) is 3.08. The molecule has 0 heterocycles. The van der Waals surface area contributed by atoms with Crippen molar-refractivity contribution in [2.75, 3.05) is 20.1 Å². The molecule has 0 aromatic heterocycles. The lowest BCUT2D eigenvalue weighted by molar-refractivity contribution is -0.151. The number of nitrogens with one attached hydrogen (secondary N) is 1. The van der Waals surface area contributed by atoms with Crippen molar-refractivity contribution in [2.45, 2.75) is 38.1 Å². The van der Waals surface area contributed by atoms with Gasteiger partial charge in [0.2, 0.25) is 11.8 Å². The quantitative estimate of drug-likeness (QED) is 0.143. The monoisotopic (exact) mass is 343 g/mol. The third kappa shape index (κ3) is 8.83. The predicted octanol–water partition coefficient (Wildman–Crippen LogP) is -1.56. The number of imide groups is 1. The maximum Gasteiger partial charge on any atom is 0.305 e. The molecule has 0 aliphatic rings. The number of nitrogens with zero attached hydrogens (tertiary/aromatic N) is 2. The van der Waals surface area contributed by atoms with Crippen LogP contribution in [0.2, 0.25) is 0 Å². The lowest BCUT2D eigenvalue weighted by Crippen LogP contribution is -2.49. The summed E-state index contributed by atoms with van der Waals surface area (Å²) in [4.78, 5) is 50.7. The molecule has 0 aromatic rings. The van der Waals surface area contributed by atoms with Gasteiger partial charge in [-0.25, -0.2) is 0 Å². The van der Waals surface area contributed by atoms with Gasteiger partial charge in [0, 0.05) is 13.0 Å². The molecule has 10 nitrogen and oxygen atoms in total. The Morgan fingerprint density at radius 2 is 1.88 bits per heavy atom. The van der Waals surface area contributed by atoms with E-state index < -0.39 is 30.2 Å². The fourth-order valence-electron chi connectivity index (χ4n) is 2.02. The van der Waals surface area contributed by atoms with Crippen molar-refractivity contribution >= 4 is 30.0 Å². The zero-order valence-electron chi connectivity index (χ0n) is 13.7. The second kappa shape index (κ2) is 12.0. The highest BCUT2D eigenvalue weighted by molar-refractivity contribution is 5.99. The smallest absolute Gasteiger partial charge is 0.305 e. The van der Waals surface area contributed by atoms with Crippen molar-refractivity contribution in [3.05, 3.63) is 0 Å². The molecule has 0 fully saturated rings. The second-order valence-electron chi connectivity index (χ2n) is 5.11. The number of rotatable bonds is 12. The topological polar surface area (TPSA) is 168 Å². The molecular formula is C14H25N5O5. The molecule has 0 radical (unpaired) electrons. The zero-order chi connectivity index (χ0) is 18.5. The Balaban J connectivity index is 4.68. The van der Waals surface area contributed by atoms with Crippen LogP contribution in [0.15, 0.2) is 4.99 Å². The van der Waals surface area contributed by atoms with Crippen molar-refractivity contribution in [3.63, 3.8) is 0 Å². The number of carbonyl (C=O) groups excluding carboxylic acids is 3. The van der Waals surface area contributed by atoms with Crippen molar-refractivity contribution in [2.24, 2.45) is 16.5 Å². The highest BCUT2D eigenvalue weighted by Gasteiger charge is 2.30. The molecule has 10 heteroatoms. The highest BCUT2D eigenvalue weighted by atomic mass is 16.4. The first kappa shape index (κ1) is 21.5. The van der Waals surface area contributed by atoms with E-state index >= 15 is 0 Å². The van der Waals surface area contributed by atoms with Crippen LogP contribution in [0.25, 0.3) is 0 Å². The molecule has 136 valence electrons. The van der Waals surface area contributed by atoms with Crippen molar-refractivity contribution in [3.8, 4) is 0 Å². The van der Waals surface area contributed by atoms with Gasteiger partial charge in [-0.1, -0.05) is 6.42 Å². The molecule has 0 bridgehead atoms. The van der Waals surface area contributed by atoms with Crippen molar-refractivity contribution in [1.29, 1.82) is 0 Å². The molecule has 0 spiro atoms. The van der Waals surface area contributed by atoms with E-state index in [1.165, 1.54) is 7.05 Å². The molecule has 0 aliphatic heterocycles. The number of likely N-dealkylation sites (N-methyl/N-ethyl adjacent to an activating group) is 1. The van der Waals surface area contributed by atoms with E-state index in [-0.39, 0.29) is 18.9 Å². The normalized spacial score (nSPS) is 11.4. The van der Waals surface area contributed by atoms with Crippen LogP contribution in [0, 0.1) is 0 Å². The Bertz CT molecular complexity index is 476. The molecule has 0 saturated carbocycles. The maximum absolute atomic E-state index is 12.2. The van der Waals surface area contributed by atoms with E-state index in [0.29, 0.717) is 32.1 Å². The number of aliphatic imine (C=N–C) groups is 1. The molecule has 0 aromatic carbocycles. The Hall–Kier alpha value is -2.49. The first-order chi connectivity index (χ1) is 11.3. The number of aliphatic carboxylic acids is 1. The summed E-state index contributed by atoms with van der Waals surface area (Å²) in [7, 11) is 1.51. The molecule has 2 amide bonds. The SMILES string of the molecule is CNCC(=O)N(C(=O)CCCCCN=C(N)N)[C@H](C=O)CC(=O)O. The van der Waals surface area contributed by atoms with Gasteiger partial charge in [-0.3, -0.25) is 24.3 Å². The lowest BCUT2D eigenvalue weighted by Gasteiger charge is -2.25. The Labute approximate surface area is 140 Å². The molecule has 0 saturated heterocycles. The number of hydrogen-bond donors (Lipinski definition) is 4. The molecule has 24 heavy (non-hydrogen) atoms. The first-order valence-corrected chi connectivity index (χ1v) is 7.55. The van der Waals surface area contributed by atoms with Gasteiger partial charge in [0.15, 0.2) is 5.96 Å². The summed E-state index contributed by atoms with van der Waals surface area (Å²) in [6, 6.07) is -1.31. The summed E-state index contributed by atoms with van der Waals surface area (Å²) in [6.45, 7) is 0.273. The summed E-state index contributed by atoms with van der Waals surface area (Å²) in [5.41, 5.74) is 10.4. The van der Waals surface area contributed by atoms with Gasteiger partial charge in [0.25, 0.3) is 0 Å². The van der Waals surface area contributed by atoms with E-state index in [2.05, 4.69) is 10.3 Å². The minimum absolute atomic E-state index is 0.00240. The molecule has 0 rings (SSSR count). The molecule has 0 aliphatic carbocycles. The van der Waals surface area contributed by atoms with E-state index in [1.54, 1.807) is 0 Å². The van der Waals surface area contributed by atoms with Gasteiger partial charge in [0.1, 0.15) is 12.3 Å². The summed E-state index contributed by atoms with van der Waals surface area (Å²) < 4.78 is 0. The molecular weight excluding hydrogens is 318 g/mol. The van der Waals surface area contributed by atoms with Gasteiger partial charge >= 0.3 is 5.97 Å². The van der Waals surface area contributed by atoms with Crippen LogP contribution in [0.4, 0.5) is 0 Å². The standard InChI is InChI=1S/C14H25N5O5/c1-17-8-12(22)19(10(9-20)7-13(23)24)11(21)5-3-2-4-6-18-14(15)16/h9-10,17H,2-8H2,1H3,(H,23,24)(H4,15,16,18)/t10-/m0/s1. The minimum atomic E-state index is -1.31. The second-order valence-corrected chi connectivity index (χ2v) is 5.11. The maximum atomic E-state index is 12.2. The lowest BCUT2D eigenvalue weighted by atomic mass is 10.1. The van der Waals surface area contributed by atoms with Gasteiger partial charge < -0.3 is 26.7 Å². The molecule has 6 N–H and O–H groups in total. The predicted molar refractivity (Wildman–Crippen MR) is 87.0 cm³/mol. The third-order valence-corrected chi connectivity index (χ3v) is 3.08. The van der Waals surface area contributed by atoms with E-state index in [4.69, 9.17) is 16.6 Å². The molecule has 0 unspecified atom stereocenters. The number of amides is 2. The Morgan fingerprint density at radius 3 is 2.38 bits per heavy atom. The highest BCUT2D eigenvalue weighted by Crippen LogP contribution is 2.10. The van der Waals surface area contributed by atoms with Gasteiger partial charge in [-0.2, -0.15) is 0 Å². The van der Waals surface area contributed by atoms with Crippen LogP contribution < -0.4 is 16.8 Å². The fourth-order valence-corrected chi connectivity index (χ4v) is 2.02. The fraction of sp³-hybridized carbons (Fsp3) is 0.643. The summed E-state index contributed by atoms with van der Waals surface area (Å²) in [6.07, 6.45) is 1.51.